The third kappa shape index (κ3) is 2.90. The van der Waals surface area contributed by atoms with E-state index in [1.165, 1.54) is 11.3 Å². The Morgan fingerprint density at radius 2 is 2.15 bits per heavy atom. The zero-order chi connectivity index (χ0) is 14.9. The van der Waals surface area contributed by atoms with Crippen molar-refractivity contribution in [2.45, 2.75) is 33.1 Å². The molecule has 2 rings (SSSR count). The smallest absolute Gasteiger partial charge is 0.357 e. The Morgan fingerprint density at radius 1 is 1.45 bits per heavy atom. The molecule has 0 saturated carbocycles. The third-order valence-electron chi connectivity index (χ3n) is 2.76. The van der Waals surface area contributed by atoms with E-state index >= 15 is 0 Å². The topological polar surface area (TPSA) is 57.0 Å². The highest BCUT2D eigenvalue weighted by Crippen LogP contribution is 2.33. The largest absolute Gasteiger partial charge is 0.461 e. The van der Waals surface area contributed by atoms with Gasteiger partial charge in [0.25, 0.3) is 0 Å². The van der Waals surface area contributed by atoms with Crippen LogP contribution in [0.1, 0.15) is 43.9 Å². The van der Waals surface area contributed by atoms with Crippen molar-refractivity contribution in [3.63, 3.8) is 0 Å². The van der Waals surface area contributed by atoms with Crippen molar-refractivity contribution in [1.82, 2.24) is 14.8 Å². The fraction of sp³-hybridized carbons (Fsp3) is 0.500. The van der Waals surface area contributed by atoms with E-state index in [1.54, 1.807) is 17.0 Å². The minimum atomic E-state index is -0.379. The monoisotopic (exact) mass is 293 g/mol. The molecule has 0 radical (unpaired) electrons. The predicted molar refractivity (Wildman–Crippen MR) is 79.0 cm³/mol. The number of aromatic nitrogens is 3. The lowest BCUT2D eigenvalue weighted by Gasteiger charge is -2.16. The first kappa shape index (κ1) is 14.7. The molecule has 0 aliphatic heterocycles. The molecule has 0 bridgehead atoms. The molecule has 108 valence electrons. The van der Waals surface area contributed by atoms with Crippen LogP contribution in [0.15, 0.2) is 11.6 Å². The number of nitrogens with zero attached hydrogens (tertiary/aromatic N) is 3. The number of thiazole rings is 1. The summed E-state index contributed by atoms with van der Waals surface area (Å²) in [6, 6.07) is 0. The van der Waals surface area contributed by atoms with Crippen molar-refractivity contribution in [2.24, 2.45) is 7.05 Å². The number of aryl methyl sites for hydroxylation is 1. The number of ether oxygens (including phenoxy) is 1. The van der Waals surface area contributed by atoms with Gasteiger partial charge in [0, 0.05) is 24.0 Å². The molecule has 0 aliphatic rings. The van der Waals surface area contributed by atoms with Crippen LogP contribution in [0, 0.1) is 0 Å². The first-order valence-corrected chi connectivity index (χ1v) is 7.38. The number of carbonyl (C=O) groups excluding carboxylic acids is 1. The molecular weight excluding hydrogens is 274 g/mol. The van der Waals surface area contributed by atoms with Crippen LogP contribution in [-0.4, -0.2) is 27.3 Å². The zero-order valence-electron chi connectivity index (χ0n) is 12.4. The summed E-state index contributed by atoms with van der Waals surface area (Å²) < 4.78 is 6.74. The normalized spacial score (nSPS) is 11.7. The Kier molecular flexibility index (Phi) is 3.94. The van der Waals surface area contributed by atoms with Gasteiger partial charge in [-0.25, -0.2) is 9.78 Å². The Hall–Kier alpha value is -1.69. The fourth-order valence-corrected chi connectivity index (χ4v) is 2.69. The molecule has 0 amide bonds. The molecule has 2 aromatic heterocycles. The molecule has 0 aliphatic carbocycles. The van der Waals surface area contributed by atoms with Gasteiger partial charge in [0.05, 0.1) is 17.9 Å². The van der Waals surface area contributed by atoms with E-state index in [0.717, 1.165) is 16.3 Å². The number of hydrogen-bond acceptors (Lipinski definition) is 5. The van der Waals surface area contributed by atoms with E-state index in [0.29, 0.717) is 12.3 Å². The van der Waals surface area contributed by atoms with Gasteiger partial charge in [-0.1, -0.05) is 20.8 Å². The van der Waals surface area contributed by atoms with E-state index in [-0.39, 0.29) is 11.4 Å². The maximum absolute atomic E-state index is 11.7. The first-order chi connectivity index (χ1) is 9.32. The average molecular weight is 293 g/mol. The Morgan fingerprint density at radius 3 is 2.75 bits per heavy atom. The summed E-state index contributed by atoms with van der Waals surface area (Å²) in [5.74, 6) is -0.379. The second-order valence-corrected chi connectivity index (χ2v) is 6.43. The maximum atomic E-state index is 11.7. The molecule has 0 unspecified atom stereocenters. The predicted octanol–water partition coefficient (Wildman–Crippen LogP) is 3.02. The number of esters is 1. The minimum absolute atomic E-state index is 0.0770. The number of hydrogen-bond donors (Lipinski definition) is 0. The van der Waals surface area contributed by atoms with E-state index in [2.05, 4.69) is 30.9 Å². The van der Waals surface area contributed by atoms with Crippen molar-refractivity contribution in [1.29, 1.82) is 0 Å². The standard InChI is InChI=1S/C14H19N3O2S/c1-6-19-13(18)10-8-20-12(15-10)9-7-17(5)16-11(9)14(2,3)4/h7-8H,6H2,1-5H3. The average Bonchev–Trinajstić information content (AvgIpc) is 2.94. The lowest BCUT2D eigenvalue weighted by molar-refractivity contribution is 0.0520. The Bertz CT molecular complexity index is 623. The van der Waals surface area contributed by atoms with Gasteiger partial charge < -0.3 is 4.74 Å². The lowest BCUT2D eigenvalue weighted by Crippen LogP contribution is -2.13. The van der Waals surface area contributed by atoms with Crippen molar-refractivity contribution in [3.8, 4) is 10.6 Å². The van der Waals surface area contributed by atoms with Crippen LogP contribution in [-0.2, 0) is 17.2 Å². The molecule has 0 aromatic carbocycles. The van der Waals surface area contributed by atoms with Gasteiger partial charge in [0.15, 0.2) is 5.69 Å². The van der Waals surface area contributed by atoms with Gasteiger partial charge in [-0.3, -0.25) is 4.68 Å². The van der Waals surface area contributed by atoms with E-state index in [4.69, 9.17) is 4.74 Å². The summed E-state index contributed by atoms with van der Waals surface area (Å²) in [7, 11) is 1.89. The van der Waals surface area contributed by atoms with E-state index in [1.807, 2.05) is 13.2 Å². The van der Waals surface area contributed by atoms with Crippen molar-refractivity contribution >= 4 is 17.3 Å². The highest BCUT2D eigenvalue weighted by atomic mass is 32.1. The molecule has 0 N–H and O–H groups in total. The van der Waals surface area contributed by atoms with Gasteiger partial charge in [-0.15, -0.1) is 11.3 Å². The lowest BCUT2D eigenvalue weighted by atomic mass is 9.90. The van der Waals surface area contributed by atoms with Gasteiger partial charge in [0.2, 0.25) is 0 Å². The first-order valence-electron chi connectivity index (χ1n) is 6.50. The van der Waals surface area contributed by atoms with Crippen LogP contribution < -0.4 is 0 Å². The maximum Gasteiger partial charge on any atom is 0.357 e. The van der Waals surface area contributed by atoms with Crippen molar-refractivity contribution in [3.05, 3.63) is 23.0 Å². The number of rotatable bonds is 3. The van der Waals surface area contributed by atoms with Crippen LogP contribution in [0.2, 0.25) is 0 Å². The summed E-state index contributed by atoms with van der Waals surface area (Å²) in [5, 5.41) is 7.04. The zero-order valence-corrected chi connectivity index (χ0v) is 13.2. The van der Waals surface area contributed by atoms with E-state index < -0.39 is 0 Å². The molecule has 0 saturated heterocycles. The van der Waals surface area contributed by atoms with Crippen LogP contribution in [0.5, 0.6) is 0 Å². The van der Waals surface area contributed by atoms with Crippen molar-refractivity contribution < 1.29 is 9.53 Å². The van der Waals surface area contributed by atoms with Crippen LogP contribution in [0.25, 0.3) is 10.6 Å². The van der Waals surface area contributed by atoms with Crippen LogP contribution in [0.3, 0.4) is 0 Å². The fourth-order valence-electron chi connectivity index (χ4n) is 1.90. The van der Waals surface area contributed by atoms with Gasteiger partial charge >= 0.3 is 5.97 Å². The summed E-state index contributed by atoms with van der Waals surface area (Å²) in [6.45, 7) is 8.46. The highest BCUT2D eigenvalue weighted by molar-refractivity contribution is 7.13. The molecule has 0 fully saturated rings. The molecule has 2 aromatic rings. The second-order valence-electron chi connectivity index (χ2n) is 5.57. The molecule has 0 atom stereocenters. The quantitative estimate of drug-likeness (QED) is 0.816. The third-order valence-corrected chi connectivity index (χ3v) is 3.63. The SMILES string of the molecule is CCOC(=O)c1csc(-c2cn(C)nc2C(C)(C)C)n1. The van der Waals surface area contributed by atoms with Crippen LogP contribution in [0.4, 0.5) is 0 Å². The second kappa shape index (κ2) is 5.36. The molecular formula is C14H19N3O2S. The Balaban J connectivity index is 2.40. The molecule has 6 heteroatoms. The summed E-state index contributed by atoms with van der Waals surface area (Å²) in [4.78, 5) is 16.1. The summed E-state index contributed by atoms with van der Waals surface area (Å²) in [5.41, 5.74) is 2.23. The summed E-state index contributed by atoms with van der Waals surface area (Å²) in [6.07, 6.45) is 1.94. The van der Waals surface area contributed by atoms with Crippen LogP contribution >= 0.6 is 11.3 Å². The van der Waals surface area contributed by atoms with Gasteiger partial charge in [0.1, 0.15) is 5.01 Å². The van der Waals surface area contributed by atoms with E-state index in [9.17, 15) is 4.79 Å². The molecule has 0 spiro atoms. The Labute approximate surface area is 122 Å². The van der Waals surface area contributed by atoms with Crippen molar-refractivity contribution in [2.75, 3.05) is 6.61 Å². The molecule has 20 heavy (non-hydrogen) atoms. The molecule has 5 nitrogen and oxygen atoms in total. The number of carbonyl (C=O) groups is 1. The minimum Gasteiger partial charge on any atom is -0.461 e. The summed E-state index contributed by atoms with van der Waals surface area (Å²) >= 11 is 1.44. The van der Waals surface area contributed by atoms with Gasteiger partial charge in [-0.05, 0) is 6.92 Å². The highest BCUT2D eigenvalue weighted by Gasteiger charge is 2.25. The molecule has 2 heterocycles. The van der Waals surface area contributed by atoms with Gasteiger partial charge in [-0.2, -0.15) is 5.10 Å².